The maximum Gasteiger partial charge on any atom is 0.419 e. The van der Waals surface area contributed by atoms with Gasteiger partial charge in [0.25, 0.3) is 0 Å². The van der Waals surface area contributed by atoms with E-state index in [1.165, 1.54) is 5.56 Å². The Balaban J connectivity index is 0.00000200. The smallest absolute Gasteiger partial charge is 0.369 e. The highest BCUT2D eigenvalue weighted by Gasteiger charge is 2.36. The van der Waals surface area contributed by atoms with Crippen LogP contribution in [0.2, 0.25) is 0 Å². The van der Waals surface area contributed by atoms with E-state index in [0.29, 0.717) is 49.7 Å². The summed E-state index contributed by atoms with van der Waals surface area (Å²) in [5.41, 5.74) is 1.37. The first-order valence-corrected chi connectivity index (χ1v) is 19.4. The third-order valence-electron chi connectivity index (χ3n) is 9.49. The van der Waals surface area contributed by atoms with E-state index in [2.05, 4.69) is 64.1 Å². The van der Waals surface area contributed by atoms with E-state index in [0.717, 1.165) is 73.8 Å². The van der Waals surface area contributed by atoms with Crippen molar-refractivity contribution in [1.29, 1.82) is 0 Å². The number of carbonyl (C=O) groups excluding carboxylic acids is 2. The first-order valence-electron chi connectivity index (χ1n) is 18.7. The molecule has 2 saturated heterocycles. The summed E-state index contributed by atoms with van der Waals surface area (Å²) < 4.78 is 82.5. The van der Waals surface area contributed by atoms with E-state index >= 15 is 0 Å². The molecular weight excluding hydrogens is 773 g/mol. The molecule has 0 aliphatic carbocycles. The summed E-state index contributed by atoms with van der Waals surface area (Å²) in [6.45, 7) is 4.38. The molecule has 57 heavy (non-hydrogen) atoms. The maximum atomic E-state index is 13.8. The van der Waals surface area contributed by atoms with Crippen LogP contribution in [0, 0.1) is 0 Å². The molecule has 0 spiro atoms. The summed E-state index contributed by atoms with van der Waals surface area (Å²) in [6.07, 6.45) is -2.92. The molecule has 11 nitrogen and oxygen atoms in total. The Labute approximate surface area is 332 Å². The fourth-order valence-electron chi connectivity index (χ4n) is 6.67. The summed E-state index contributed by atoms with van der Waals surface area (Å²) in [5.74, 6) is -0.301. The number of hydrogen-bond donors (Lipinski definition) is 2. The number of hydrogen-bond acceptors (Lipinski definition) is 11. The average molecular weight is 820 g/mol. The summed E-state index contributed by atoms with van der Waals surface area (Å²) in [5, 5.41) is 9.44. The molecular formula is C39H47F6N9O2S. The molecule has 2 fully saturated rings. The topological polar surface area (TPSA) is 112 Å². The lowest BCUT2D eigenvalue weighted by Gasteiger charge is -2.36. The van der Waals surface area contributed by atoms with Crippen molar-refractivity contribution in [3.05, 3.63) is 83.8 Å². The van der Waals surface area contributed by atoms with Gasteiger partial charge >= 0.3 is 12.4 Å². The number of halogens is 6. The molecule has 2 aliphatic rings. The SMILES string of the molecule is CNC.O=CCCC(C=O)c1ccc(N2CCN(Cc3cccc(SN4CCC(Nc5ncc(C(F)(F)F)c(-c6cnn(CC(F)(F)F)c6)n5)CC4)c3)CC2)cc1. The summed E-state index contributed by atoms with van der Waals surface area (Å²) in [7, 11) is 3.75. The zero-order valence-electron chi connectivity index (χ0n) is 31.8. The van der Waals surface area contributed by atoms with Crippen LogP contribution in [0.4, 0.5) is 38.0 Å². The van der Waals surface area contributed by atoms with Crippen molar-refractivity contribution < 1.29 is 35.9 Å². The van der Waals surface area contributed by atoms with E-state index in [1.807, 2.05) is 38.4 Å². The van der Waals surface area contributed by atoms with Crippen LogP contribution in [-0.2, 0) is 28.9 Å². The normalized spacial score (nSPS) is 16.5. The second-order valence-corrected chi connectivity index (χ2v) is 15.1. The number of aldehydes is 2. The predicted molar refractivity (Wildman–Crippen MR) is 208 cm³/mol. The Morgan fingerprint density at radius 1 is 0.930 bits per heavy atom. The number of aromatic nitrogens is 4. The fraction of sp³-hybridized carbons (Fsp3) is 0.462. The fourth-order valence-corrected chi connectivity index (χ4v) is 7.71. The van der Waals surface area contributed by atoms with Gasteiger partial charge < -0.3 is 25.1 Å². The standard InChI is InChI=1S/C37H40F6N8O2S.C2H7N/c38-36(39,40)25-50-23-29(20-45-50)34-33(37(41,42)43)21-44-35(47-34)46-30-10-12-51(13-11-30)54-32-5-1-3-26(19-32)22-48-14-16-49(17-15-48)31-8-6-27(7-9-31)28(24-53)4-2-18-52;1-3-2/h1,3,5-9,18-21,23-24,28,30H,2,4,10-17,22,25H2,(H,44,46,47);3H,1-2H3. The molecule has 2 N–H and O–H groups in total. The maximum absolute atomic E-state index is 13.8. The van der Waals surface area contributed by atoms with Crippen molar-refractivity contribution in [2.45, 2.75) is 68.0 Å². The van der Waals surface area contributed by atoms with Crippen molar-refractivity contribution in [3.63, 3.8) is 0 Å². The van der Waals surface area contributed by atoms with Crippen molar-refractivity contribution in [2.24, 2.45) is 0 Å². The van der Waals surface area contributed by atoms with Gasteiger partial charge in [0.15, 0.2) is 0 Å². The van der Waals surface area contributed by atoms with E-state index < -0.39 is 30.2 Å². The van der Waals surface area contributed by atoms with E-state index in [1.54, 1.807) is 11.9 Å². The zero-order valence-corrected chi connectivity index (χ0v) is 32.6. The lowest BCUT2D eigenvalue weighted by atomic mass is 9.95. The highest BCUT2D eigenvalue weighted by atomic mass is 32.2. The second kappa shape index (κ2) is 20.3. The third kappa shape index (κ3) is 13.0. The molecule has 1 unspecified atom stereocenters. The number of carbonyl (C=O) groups is 2. The monoisotopic (exact) mass is 819 g/mol. The number of alkyl halides is 6. The van der Waals surface area contributed by atoms with Crippen LogP contribution in [0.3, 0.4) is 0 Å². The van der Waals surface area contributed by atoms with Gasteiger partial charge in [-0.3, -0.25) is 9.58 Å². The van der Waals surface area contributed by atoms with Crippen LogP contribution in [-0.4, -0.2) is 107 Å². The number of nitrogens with one attached hydrogen (secondary N) is 2. The summed E-state index contributed by atoms with van der Waals surface area (Å²) in [6, 6.07) is 16.4. The zero-order chi connectivity index (χ0) is 41.0. The molecule has 0 amide bonds. The lowest BCUT2D eigenvalue weighted by Crippen LogP contribution is -2.45. The quantitative estimate of drug-likeness (QED) is 0.0786. The van der Waals surface area contributed by atoms with Gasteiger partial charge in [0, 0.05) is 92.7 Å². The van der Waals surface area contributed by atoms with Crippen molar-refractivity contribution >= 4 is 36.2 Å². The van der Waals surface area contributed by atoms with Gasteiger partial charge in [0.05, 0.1) is 11.9 Å². The van der Waals surface area contributed by atoms with Gasteiger partial charge in [-0.25, -0.2) is 14.3 Å². The van der Waals surface area contributed by atoms with Crippen molar-refractivity contribution in [1.82, 2.24) is 34.3 Å². The summed E-state index contributed by atoms with van der Waals surface area (Å²) in [4.78, 5) is 36.0. The highest BCUT2D eigenvalue weighted by molar-refractivity contribution is 7.97. The number of benzene rings is 2. The van der Waals surface area contributed by atoms with E-state index in [-0.39, 0.29) is 23.5 Å². The number of rotatable bonds is 14. The summed E-state index contributed by atoms with van der Waals surface area (Å²) >= 11 is 1.66. The molecule has 4 aromatic rings. The Hall–Kier alpha value is -4.52. The van der Waals surface area contributed by atoms with Crippen molar-refractivity contribution in [3.8, 4) is 11.3 Å². The number of nitrogens with zero attached hydrogens (tertiary/aromatic N) is 7. The van der Waals surface area contributed by atoms with E-state index in [9.17, 15) is 35.9 Å². The van der Waals surface area contributed by atoms with Crippen LogP contribution in [0.25, 0.3) is 11.3 Å². The number of piperazine rings is 1. The highest BCUT2D eigenvalue weighted by Crippen LogP contribution is 2.37. The Morgan fingerprint density at radius 2 is 1.63 bits per heavy atom. The molecule has 2 aromatic heterocycles. The van der Waals surface area contributed by atoms with Crippen LogP contribution in [0.15, 0.2) is 72.0 Å². The van der Waals surface area contributed by atoms with Crippen LogP contribution >= 0.6 is 11.9 Å². The van der Waals surface area contributed by atoms with Crippen LogP contribution < -0.4 is 15.5 Å². The van der Waals surface area contributed by atoms with Gasteiger partial charge in [0.2, 0.25) is 5.95 Å². The predicted octanol–water partition coefficient (Wildman–Crippen LogP) is 6.92. The molecule has 2 aliphatic heterocycles. The molecule has 4 heterocycles. The van der Waals surface area contributed by atoms with Crippen LogP contribution in [0.5, 0.6) is 0 Å². The van der Waals surface area contributed by atoms with Gasteiger partial charge in [-0.15, -0.1) is 0 Å². The second-order valence-electron chi connectivity index (χ2n) is 13.9. The van der Waals surface area contributed by atoms with Gasteiger partial charge in [-0.1, -0.05) is 24.3 Å². The Morgan fingerprint density at radius 3 is 2.26 bits per heavy atom. The molecule has 308 valence electrons. The van der Waals surface area contributed by atoms with Gasteiger partial charge in [-0.05, 0) is 80.7 Å². The third-order valence-corrected chi connectivity index (χ3v) is 10.6. The van der Waals surface area contributed by atoms with Crippen molar-refractivity contribution in [2.75, 3.05) is 63.6 Å². The molecule has 0 bridgehead atoms. The first-order chi connectivity index (χ1) is 27.3. The first kappa shape index (κ1) is 43.6. The molecule has 6 rings (SSSR count). The lowest BCUT2D eigenvalue weighted by molar-refractivity contribution is -0.142. The largest absolute Gasteiger partial charge is 0.419 e. The molecule has 1 atom stereocenters. The molecule has 2 aromatic carbocycles. The minimum atomic E-state index is -4.81. The van der Waals surface area contributed by atoms with Crippen LogP contribution in [0.1, 0.15) is 48.3 Å². The molecule has 0 radical (unpaired) electrons. The molecule has 0 saturated carbocycles. The number of piperidine rings is 1. The minimum absolute atomic E-state index is 0.0331. The van der Waals surface area contributed by atoms with E-state index in [4.69, 9.17) is 0 Å². The molecule has 18 heteroatoms. The number of anilines is 2. The Kier molecular flexibility index (Phi) is 15.5. The van der Waals surface area contributed by atoms with Gasteiger partial charge in [0.1, 0.15) is 24.7 Å². The minimum Gasteiger partial charge on any atom is -0.369 e. The van der Waals surface area contributed by atoms with Gasteiger partial charge in [-0.2, -0.15) is 31.4 Å². The average Bonchev–Trinajstić information content (AvgIpc) is 3.63. The Bertz CT molecular complexity index is 1880.